The molecule has 0 fully saturated rings. The van der Waals surface area contributed by atoms with E-state index in [1.54, 1.807) is 31.2 Å². The van der Waals surface area contributed by atoms with Crippen LogP contribution in [-0.2, 0) is 11.2 Å². The van der Waals surface area contributed by atoms with Crippen molar-refractivity contribution in [2.75, 3.05) is 40.2 Å². The lowest BCUT2D eigenvalue weighted by Gasteiger charge is -2.19. The predicted octanol–water partition coefficient (Wildman–Crippen LogP) is 3.14. The number of carbonyl (C=O) groups excluding carboxylic acids is 2. The molecule has 34 heavy (non-hydrogen) atoms. The minimum atomic E-state index is -0.614. The number of anilines is 1. The van der Waals surface area contributed by atoms with E-state index in [1.165, 1.54) is 32.3 Å². The summed E-state index contributed by atoms with van der Waals surface area (Å²) in [6, 6.07) is 11.1. The molecule has 2 aromatic rings. The second-order valence-corrected chi connectivity index (χ2v) is 6.97. The number of terminal acetylenes is 1. The molecule has 0 saturated heterocycles. The zero-order valence-corrected chi connectivity index (χ0v) is 19.8. The topological polar surface area (TPSA) is 100 Å². The quantitative estimate of drug-likeness (QED) is 0.190. The zero-order valence-electron chi connectivity index (χ0n) is 19.8. The van der Waals surface area contributed by atoms with Crippen molar-refractivity contribution in [2.45, 2.75) is 19.8 Å². The molecule has 0 unspecified atom stereocenters. The van der Waals surface area contributed by atoms with E-state index in [0.717, 1.165) is 0 Å². The number of nitrogens with zero attached hydrogens (tertiary/aromatic N) is 1. The van der Waals surface area contributed by atoms with Gasteiger partial charge in [0.2, 0.25) is 0 Å². The fourth-order valence-electron chi connectivity index (χ4n) is 3.26. The van der Waals surface area contributed by atoms with Crippen LogP contribution in [0.25, 0.3) is 0 Å². The second kappa shape index (κ2) is 12.7. The first-order chi connectivity index (χ1) is 16.4. The van der Waals surface area contributed by atoms with Gasteiger partial charge in [0.25, 0.3) is 5.91 Å². The Balaban J connectivity index is 2.18. The van der Waals surface area contributed by atoms with Crippen molar-refractivity contribution < 1.29 is 28.5 Å². The summed E-state index contributed by atoms with van der Waals surface area (Å²) < 4.78 is 21.4. The minimum Gasteiger partial charge on any atom is -0.497 e. The second-order valence-electron chi connectivity index (χ2n) is 6.97. The lowest BCUT2D eigenvalue weighted by molar-refractivity contribution is 0.0600. The van der Waals surface area contributed by atoms with Crippen molar-refractivity contribution in [1.29, 1.82) is 0 Å². The van der Waals surface area contributed by atoms with Crippen molar-refractivity contribution in [3.8, 4) is 41.6 Å². The molecule has 0 heterocycles. The Morgan fingerprint density at radius 2 is 1.91 bits per heavy atom. The highest BCUT2D eigenvalue weighted by atomic mass is 16.5. The van der Waals surface area contributed by atoms with E-state index in [0.29, 0.717) is 41.3 Å². The first kappa shape index (κ1) is 26.0. The fourth-order valence-corrected chi connectivity index (χ4v) is 3.26. The van der Waals surface area contributed by atoms with Gasteiger partial charge in [-0.25, -0.2) is 4.79 Å². The number of rotatable bonds is 10. The van der Waals surface area contributed by atoms with Gasteiger partial charge in [0.1, 0.15) is 5.75 Å². The van der Waals surface area contributed by atoms with Crippen molar-refractivity contribution in [3.63, 3.8) is 0 Å². The van der Waals surface area contributed by atoms with Crippen LogP contribution < -0.4 is 19.9 Å². The van der Waals surface area contributed by atoms with Crippen molar-refractivity contribution in [2.24, 2.45) is 0 Å². The molecule has 0 saturated carbocycles. The summed E-state index contributed by atoms with van der Waals surface area (Å²) in [6.07, 6.45) is 6.06. The van der Waals surface area contributed by atoms with E-state index in [-0.39, 0.29) is 30.2 Å². The molecule has 0 spiro atoms. The van der Waals surface area contributed by atoms with Crippen LogP contribution in [0.1, 0.15) is 39.6 Å². The molecule has 0 bridgehead atoms. The van der Waals surface area contributed by atoms with Crippen molar-refractivity contribution in [3.05, 3.63) is 47.0 Å². The van der Waals surface area contributed by atoms with Gasteiger partial charge in [0.15, 0.2) is 11.5 Å². The lowest BCUT2D eigenvalue weighted by Crippen LogP contribution is -2.28. The summed E-state index contributed by atoms with van der Waals surface area (Å²) in [6.45, 7) is 2.18. The largest absolute Gasteiger partial charge is 0.497 e. The highest BCUT2D eigenvalue weighted by Gasteiger charge is 2.22. The number of esters is 1. The van der Waals surface area contributed by atoms with Crippen molar-refractivity contribution in [1.82, 2.24) is 4.90 Å². The van der Waals surface area contributed by atoms with Gasteiger partial charge in [0, 0.05) is 42.6 Å². The van der Waals surface area contributed by atoms with Crippen LogP contribution in [0.4, 0.5) is 5.69 Å². The molecule has 2 rings (SSSR count). The van der Waals surface area contributed by atoms with Crippen LogP contribution >= 0.6 is 0 Å². The van der Waals surface area contributed by atoms with Gasteiger partial charge in [0.05, 0.1) is 39.2 Å². The molecule has 0 aliphatic rings. The van der Waals surface area contributed by atoms with E-state index in [2.05, 4.69) is 17.9 Å². The predicted molar refractivity (Wildman–Crippen MR) is 129 cm³/mol. The Hall–Kier alpha value is -4.30. The maximum Gasteiger partial charge on any atom is 0.340 e. The Morgan fingerprint density at radius 1 is 1.15 bits per heavy atom. The summed E-state index contributed by atoms with van der Waals surface area (Å²) in [5.41, 5.74) is 7.38. The number of ether oxygens (including phenoxy) is 4. The first-order valence-electron chi connectivity index (χ1n) is 10.4. The molecular formula is C26H28N2O6. The number of hydrogen-bond donors (Lipinski definition) is 1. The van der Waals surface area contributed by atoms with E-state index < -0.39 is 5.97 Å². The molecule has 2 aromatic carbocycles. The Labute approximate surface area is 199 Å². The molecule has 2 N–H and O–H groups in total. The number of hydrogen-bond acceptors (Lipinski definition) is 7. The molecule has 0 radical (unpaired) electrons. The molecule has 178 valence electrons. The molecular weight excluding hydrogens is 436 g/mol. The van der Waals surface area contributed by atoms with E-state index in [1.807, 2.05) is 0 Å². The first-order valence-corrected chi connectivity index (χ1v) is 10.4. The van der Waals surface area contributed by atoms with Gasteiger partial charge in [-0.2, -0.15) is 0 Å². The maximum atomic E-state index is 12.9. The summed E-state index contributed by atoms with van der Waals surface area (Å²) in [4.78, 5) is 26.5. The number of carbonyl (C=O) groups is 2. The molecule has 0 aliphatic heterocycles. The number of benzene rings is 2. The van der Waals surface area contributed by atoms with Crippen LogP contribution in [-0.4, -0.2) is 51.3 Å². The van der Waals surface area contributed by atoms with E-state index >= 15 is 0 Å². The van der Waals surface area contributed by atoms with Crippen LogP contribution in [0.5, 0.6) is 17.2 Å². The number of methoxy groups -OCH3 is 3. The molecule has 8 heteroatoms. The molecule has 0 aromatic heterocycles. The SMILES string of the molecule is C#CCc1c(N)c(C(=O)OC)cc(OCCCN(C#CC)C(=O)c2cccc(OC)c2)c1OC. The third-order valence-corrected chi connectivity index (χ3v) is 4.87. The normalized spacial score (nSPS) is 9.74. The summed E-state index contributed by atoms with van der Waals surface area (Å²) in [5, 5.41) is 0. The third kappa shape index (κ3) is 6.14. The van der Waals surface area contributed by atoms with Gasteiger partial charge in [-0.05, 0) is 25.1 Å². The van der Waals surface area contributed by atoms with Crippen LogP contribution in [0.3, 0.4) is 0 Å². The third-order valence-electron chi connectivity index (χ3n) is 4.87. The zero-order chi connectivity index (χ0) is 25.1. The average Bonchev–Trinajstić information content (AvgIpc) is 2.86. The maximum absolute atomic E-state index is 12.9. The molecule has 0 aliphatic carbocycles. The lowest BCUT2D eigenvalue weighted by atomic mass is 10.0. The van der Waals surface area contributed by atoms with Gasteiger partial charge in [-0.15, -0.1) is 12.3 Å². The number of nitrogen functional groups attached to an aromatic ring is 1. The number of amides is 1. The van der Waals surface area contributed by atoms with Gasteiger partial charge in [-0.3, -0.25) is 9.69 Å². The fraction of sp³-hybridized carbons (Fsp3) is 0.308. The van der Waals surface area contributed by atoms with Crippen LogP contribution in [0.2, 0.25) is 0 Å². The average molecular weight is 465 g/mol. The van der Waals surface area contributed by atoms with E-state index in [9.17, 15) is 9.59 Å². The Bertz CT molecular complexity index is 1140. The summed E-state index contributed by atoms with van der Waals surface area (Å²) >= 11 is 0. The van der Waals surface area contributed by atoms with Gasteiger partial charge < -0.3 is 24.7 Å². The van der Waals surface area contributed by atoms with Gasteiger partial charge in [-0.1, -0.05) is 12.0 Å². The number of nitrogens with two attached hydrogens (primary N) is 1. The van der Waals surface area contributed by atoms with Crippen molar-refractivity contribution >= 4 is 17.6 Å². The summed E-state index contributed by atoms with van der Waals surface area (Å²) in [7, 11) is 4.26. The smallest absolute Gasteiger partial charge is 0.340 e. The minimum absolute atomic E-state index is 0.134. The van der Waals surface area contributed by atoms with Gasteiger partial charge >= 0.3 is 5.97 Å². The standard InChI is InChI=1S/C26H28N2O6/c1-6-10-20-23(27)21(26(30)33-5)17-22(24(20)32-4)34-15-9-14-28(13-7-2)25(29)18-11-8-12-19(16-18)31-3/h1,8,11-12,16-17H,9-10,14-15,27H2,2-5H3. The highest BCUT2D eigenvalue weighted by molar-refractivity contribution is 5.97. The van der Waals surface area contributed by atoms with E-state index in [4.69, 9.17) is 31.1 Å². The molecule has 0 atom stereocenters. The monoisotopic (exact) mass is 464 g/mol. The molecule has 1 amide bonds. The molecule has 8 nitrogen and oxygen atoms in total. The summed E-state index contributed by atoms with van der Waals surface area (Å²) in [5.74, 6) is 5.63. The Kier molecular flexibility index (Phi) is 9.67. The van der Waals surface area contributed by atoms with Crippen LogP contribution in [0.15, 0.2) is 30.3 Å². The van der Waals surface area contributed by atoms with Crippen LogP contribution in [0, 0.1) is 24.3 Å². The Morgan fingerprint density at radius 3 is 2.53 bits per heavy atom. The highest BCUT2D eigenvalue weighted by Crippen LogP contribution is 2.38.